The summed E-state index contributed by atoms with van der Waals surface area (Å²) in [5, 5.41) is 22.0. The summed E-state index contributed by atoms with van der Waals surface area (Å²) < 4.78 is 0. The van der Waals surface area contributed by atoms with Gasteiger partial charge >= 0.3 is 23.9 Å². The Hall–Kier alpha value is -0.261. The van der Waals surface area contributed by atoms with Gasteiger partial charge in [0.15, 0.2) is 0 Å². The first-order chi connectivity index (χ1) is 25.3. The molecule has 0 saturated heterocycles. The Labute approximate surface area is 352 Å². The van der Waals surface area contributed by atoms with Crippen LogP contribution < -0.4 is 10.2 Å². The molecule has 0 N–H and O–H groups in total. The van der Waals surface area contributed by atoms with Gasteiger partial charge in [-0.3, -0.25) is 0 Å². The zero-order valence-electron chi connectivity index (χ0n) is 37.2. The van der Waals surface area contributed by atoms with Crippen molar-refractivity contribution in [2.45, 2.75) is 273 Å². The smallest absolute Gasteiger partial charge is 0.550 e. The SMILES string of the molecule is CCCCCCCCC(CCCCCC)C(=O)[O-].CCCCCCCCC(CCCCCC)C(=O)[O-].[CH2]CCCCCCC.[CH2]CCCCCCC.[Sn+2]. The van der Waals surface area contributed by atoms with Crippen molar-refractivity contribution in [3.05, 3.63) is 13.8 Å². The molecule has 0 aromatic carbocycles. The van der Waals surface area contributed by atoms with E-state index < -0.39 is 11.9 Å². The third-order valence-corrected chi connectivity index (χ3v) is 10.00. The molecule has 2 unspecified atom stereocenters. The second-order valence-corrected chi connectivity index (χ2v) is 15.4. The van der Waals surface area contributed by atoms with Crippen LogP contribution in [-0.4, -0.2) is 35.8 Å². The minimum Gasteiger partial charge on any atom is -0.550 e. The van der Waals surface area contributed by atoms with Gasteiger partial charge in [0.05, 0.1) is 0 Å². The van der Waals surface area contributed by atoms with Crippen molar-refractivity contribution in [3.63, 3.8) is 0 Å². The molecule has 2 atom stereocenters. The zero-order valence-corrected chi connectivity index (χ0v) is 40.0. The number of hydrogen-bond acceptors (Lipinski definition) is 4. The summed E-state index contributed by atoms with van der Waals surface area (Å²) in [6.07, 6.45) is 43.2. The van der Waals surface area contributed by atoms with E-state index in [0.29, 0.717) is 0 Å². The van der Waals surface area contributed by atoms with Crippen LogP contribution >= 0.6 is 0 Å². The van der Waals surface area contributed by atoms with Gasteiger partial charge in [-0.1, -0.05) is 261 Å². The molecule has 53 heavy (non-hydrogen) atoms. The van der Waals surface area contributed by atoms with Gasteiger partial charge in [0.1, 0.15) is 0 Å². The molecular formula is C48H96O4Sn. The van der Waals surface area contributed by atoms with Crippen LogP contribution in [0.25, 0.3) is 0 Å². The molecule has 316 valence electrons. The Morgan fingerprint density at radius 2 is 0.509 bits per heavy atom. The molecule has 4 nitrogen and oxygen atoms in total. The molecule has 0 aliphatic rings. The van der Waals surface area contributed by atoms with Gasteiger partial charge in [0, 0.05) is 11.9 Å². The number of aliphatic carboxylic acids is 2. The van der Waals surface area contributed by atoms with Crippen LogP contribution in [0.4, 0.5) is 0 Å². The average molecular weight is 856 g/mol. The summed E-state index contributed by atoms with van der Waals surface area (Å²) in [5.41, 5.74) is 0. The van der Waals surface area contributed by atoms with E-state index in [1.807, 2.05) is 0 Å². The molecule has 5 heteroatoms. The first-order valence-electron chi connectivity index (χ1n) is 23.3. The maximum atomic E-state index is 11.0. The molecule has 0 spiro atoms. The van der Waals surface area contributed by atoms with Gasteiger partial charge in [-0.2, -0.15) is 0 Å². The van der Waals surface area contributed by atoms with Gasteiger partial charge in [0.2, 0.25) is 0 Å². The topological polar surface area (TPSA) is 80.3 Å². The fraction of sp³-hybridized carbons (Fsp3) is 0.917. The summed E-state index contributed by atoms with van der Waals surface area (Å²) in [7, 11) is 0. The number of carboxylic acid groups (broad SMARTS) is 2. The molecular weight excluding hydrogens is 759 g/mol. The largest absolute Gasteiger partial charge is 2.00 e. The number of unbranched alkanes of at least 4 members (excludes halogenated alkanes) is 26. The molecule has 0 amide bonds. The van der Waals surface area contributed by atoms with Crippen LogP contribution in [0.3, 0.4) is 0 Å². The van der Waals surface area contributed by atoms with Crippen LogP contribution in [0.5, 0.6) is 0 Å². The van der Waals surface area contributed by atoms with Gasteiger partial charge < -0.3 is 19.8 Å². The van der Waals surface area contributed by atoms with Crippen molar-refractivity contribution in [3.8, 4) is 0 Å². The van der Waals surface area contributed by atoms with E-state index in [9.17, 15) is 19.8 Å². The molecule has 0 fully saturated rings. The first-order valence-corrected chi connectivity index (χ1v) is 23.3. The first kappa shape index (κ1) is 61.9. The maximum Gasteiger partial charge on any atom is 2.00 e. The van der Waals surface area contributed by atoms with Crippen molar-refractivity contribution in [1.82, 2.24) is 0 Å². The predicted octanol–water partition coefficient (Wildman–Crippen LogP) is 14.1. The van der Waals surface area contributed by atoms with Crippen LogP contribution in [0.2, 0.25) is 0 Å². The Bertz CT molecular complexity index is 575. The molecule has 0 aromatic heterocycles. The predicted molar refractivity (Wildman–Crippen MR) is 234 cm³/mol. The van der Waals surface area contributed by atoms with E-state index in [0.717, 1.165) is 77.0 Å². The molecule has 0 aliphatic carbocycles. The van der Waals surface area contributed by atoms with E-state index in [-0.39, 0.29) is 35.7 Å². The van der Waals surface area contributed by atoms with E-state index in [1.54, 1.807) is 0 Å². The number of carbonyl (C=O) groups excluding carboxylic acids is 2. The Morgan fingerprint density at radius 3 is 0.698 bits per heavy atom. The normalized spacial score (nSPS) is 11.5. The van der Waals surface area contributed by atoms with Crippen molar-refractivity contribution in [2.24, 2.45) is 11.8 Å². The molecule has 0 aliphatic heterocycles. The van der Waals surface area contributed by atoms with Gasteiger partial charge in [-0.15, -0.1) is 0 Å². The molecule has 0 heterocycles. The fourth-order valence-corrected chi connectivity index (χ4v) is 6.30. The van der Waals surface area contributed by atoms with E-state index in [4.69, 9.17) is 0 Å². The second-order valence-electron chi connectivity index (χ2n) is 15.4. The van der Waals surface area contributed by atoms with Crippen molar-refractivity contribution in [2.75, 3.05) is 0 Å². The third kappa shape index (κ3) is 61.2. The summed E-state index contributed by atoms with van der Waals surface area (Å²) in [4.78, 5) is 22.0. The maximum absolute atomic E-state index is 11.0. The van der Waals surface area contributed by atoms with E-state index in [1.165, 1.54) is 154 Å². The van der Waals surface area contributed by atoms with Crippen LogP contribution in [0, 0.1) is 25.7 Å². The standard InChI is InChI=1S/2C16H32O2.2C8H17.Sn/c2*1-3-5-7-9-10-12-14-15(16(17)18)13-11-8-6-4-2;2*1-3-5-7-8-6-4-2;/h2*15H,3-14H2,1-2H3,(H,17,18);2*1,3-8H2,2H3;/q;;;;+2/p-2. The Balaban J connectivity index is -0.000000205. The molecule has 0 aromatic rings. The molecule has 0 saturated carbocycles. The average Bonchev–Trinajstić information content (AvgIpc) is 3.14. The number of rotatable bonds is 36. The fourth-order valence-electron chi connectivity index (χ4n) is 6.30. The summed E-state index contributed by atoms with van der Waals surface area (Å²) in [6.45, 7) is 20.8. The van der Waals surface area contributed by atoms with Gasteiger partial charge in [-0.25, -0.2) is 0 Å². The molecule has 0 rings (SSSR count). The minimum atomic E-state index is -0.833. The van der Waals surface area contributed by atoms with Crippen LogP contribution in [-0.2, 0) is 9.59 Å². The summed E-state index contributed by atoms with van der Waals surface area (Å²) in [5.74, 6) is -2.07. The monoisotopic (exact) mass is 857 g/mol. The van der Waals surface area contributed by atoms with E-state index in [2.05, 4.69) is 55.4 Å². The van der Waals surface area contributed by atoms with Crippen molar-refractivity contribution < 1.29 is 19.8 Å². The molecule has 0 bridgehead atoms. The van der Waals surface area contributed by atoms with Crippen LogP contribution in [0.15, 0.2) is 0 Å². The molecule has 4 radical (unpaired) electrons. The number of carboxylic acids is 2. The van der Waals surface area contributed by atoms with Gasteiger partial charge in [-0.05, 0) is 37.5 Å². The quantitative estimate of drug-likeness (QED) is 0.0464. The van der Waals surface area contributed by atoms with Gasteiger partial charge in [0.25, 0.3) is 0 Å². The van der Waals surface area contributed by atoms with E-state index >= 15 is 0 Å². The zero-order chi connectivity index (χ0) is 39.8. The number of carbonyl (C=O) groups is 2. The third-order valence-electron chi connectivity index (χ3n) is 10.00. The number of hydrogen-bond donors (Lipinski definition) is 0. The van der Waals surface area contributed by atoms with Crippen molar-refractivity contribution >= 4 is 35.8 Å². The van der Waals surface area contributed by atoms with Crippen LogP contribution in [0.1, 0.15) is 273 Å². The summed E-state index contributed by atoms with van der Waals surface area (Å²) in [6, 6.07) is 0. The second kappa shape index (κ2) is 58.4. The Kier molecular flexibility index (Phi) is 68.3. The Morgan fingerprint density at radius 1 is 0.340 bits per heavy atom. The summed E-state index contributed by atoms with van der Waals surface area (Å²) >= 11 is 0. The minimum absolute atomic E-state index is 0. The van der Waals surface area contributed by atoms with Crippen molar-refractivity contribution in [1.29, 1.82) is 0 Å².